The molecule has 0 aromatic carbocycles. The molecule has 3 rings (SSSR count). The van der Waals surface area contributed by atoms with E-state index in [0.29, 0.717) is 66.8 Å². The van der Waals surface area contributed by atoms with E-state index in [0.717, 1.165) is 25.7 Å². The lowest BCUT2D eigenvalue weighted by Gasteiger charge is -2.40. The first-order valence-corrected chi connectivity index (χ1v) is 14.2. The number of carbonyl (C=O) groups excluding carboxylic acids is 4. The Morgan fingerprint density at radius 2 is 1.77 bits per heavy atom. The van der Waals surface area contributed by atoms with E-state index in [2.05, 4.69) is 5.32 Å². The van der Waals surface area contributed by atoms with Crippen LogP contribution in [0, 0.1) is 31.1 Å². The van der Waals surface area contributed by atoms with Gasteiger partial charge in [0.05, 0.1) is 18.0 Å². The first-order valence-electron chi connectivity index (χ1n) is 14.2. The Labute approximate surface area is 232 Å². The molecule has 0 spiro atoms. The summed E-state index contributed by atoms with van der Waals surface area (Å²) in [6.45, 7) is 10.3. The maximum Gasteiger partial charge on any atom is 0.257 e. The molecule has 1 aromatic rings. The average Bonchev–Trinajstić information content (AvgIpc) is 3.53. The number of piperidine rings is 1. The van der Waals surface area contributed by atoms with E-state index in [1.54, 1.807) is 29.8 Å². The standard InChI is InChI=1S/C29H46N4O6/c1-19-15-24(20(2)39-19)27(36)32-13-11-23(12-14-32)31(6)28(37)25(29(3,4)5)30-26(35)22(17-33(38)18-34)16-21-9-7-8-10-21/h15,18,21-23,25,38H,7-14,16-17H2,1-6H3,(H,30,35)/t22-,25-/m1/s1. The molecule has 2 aliphatic rings. The topological polar surface area (TPSA) is 123 Å². The van der Waals surface area contributed by atoms with Gasteiger partial charge in [-0.05, 0) is 50.5 Å². The number of hydroxylamine groups is 2. The Bertz CT molecular complexity index is 1020. The Balaban J connectivity index is 1.65. The highest BCUT2D eigenvalue weighted by molar-refractivity contribution is 5.95. The van der Waals surface area contributed by atoms with E-state index < -0.39 is 17.4 Å². The molecule has 0 bridgehead atoms. The van der Waals surface area contributed by atoms with Crippen molar-refractivity contribution in [2.45, 2.75) is 91.6 Å². The molecule has 1 saturated carbocycles. The summed E-state index contributed by atoms with van der Waals surface area (Å²) in [5.41, 5.74) is 0.0181. The molecule has 1 aromatic heterocycles. The molecule has 39 heavy (non-hydrogen) atoms. The number of likely N-dealkylation sites (tertiary alicyclic amines) is 1. The lowest BCUT2D eigenvalue weighted by molar-refractivity contribution is -0.156. The number of rotatable bonds is 10. The van der Waals surface area contributed by atoms with Gasteiger partial charge < -0.3 is 19.5 Å². The van der Waals surface area contributed by atoms with Crippen LogP contribution in [0.3, 0.4) is 0 Å². The van der Waals surface area contributed by atoms with Gasteiger partial charge in [-0.15, -0.1) is 0 Å². The van der Waals surface area contributed by atoms with Crippen LogP contribution in [0.15, 0.2) is 10.5 Å². The summed E-state index contributed by atoms with van der Waals surface area (Å²) in [5, 5.41) is 13.3. The van der Waals surface area contributed by atoms with Crippen LogP contribution in [0.25, 0.3) is 0 Å². The number of carbonyl (C=O) groups is 4. The van der Waals surface area contributed by atoms with Gasteiger partial charge in [-0.1, -0.05) is 46.5 Å². The Hall–Kier alpha value is -2.88. The number of amides is 4. The number of furan rings is 1. The molecule has 2 N–H and O–H groups in total. The van der Waals surface area contributed by atoms with Crippen LogP contribution >= 0.6 is 0 Å². The predicted molar refractivity (Wildman–Crippen MR) is 146 cm³/mol. The Morgan fingerprint density at radius 1 is 1.15 bits per heavy atom. The predicted octanol–water partition coefficient (Wildman–Crippen LogP) is 3.53. The van der Waals surface area contributed by atoms with Gasteiger partial charge in [-0.25, -0.2) is 5.06 Å². The fraction of sp³-hybridized carbons (Fsp3) is 0.724. The van der Waals surface area contributed by atoms with Crippen molar-refractivity contribution in [3.05, 3.63) is 23.2 Å². The second-order valence-electron chi connectivity index (χ2n) is 12.4. The summed E-state index contributed by atoms with van der Waals surface area (Å²) in [5.74, 6) is 0.520. The summed E-state index contributed by atoms with van der Waals surface area (Å²) >= 11 is 0. The maximum absolute atomic E-state index is 13.8. The van der Waals surface area contributed by atoms with Gasteiger partial charge in [0.1, 0.15) is 17.6 Å². The second-order valence-corrected chi connectivity index (χ2v) is 12.4. The van der Waals surface area contributed by atoms with Crippen LogP contribution in [0.4, 0.5) is 0 Å². The summed E-state index contributed by atoms with van der Waals surface area (Å²) < 4.78 is 5.52. The molecule has 4 amide bonds. The van der Waals surface area contributed by atoms with E-state index >= 15 is 0 Å². The molecule has 10 heteroatoms. The lowest BCUT2D eigenvalue weighted by Crippen LogP contribution is -2.58. The van der Waals surface area contributed by atoms with Gasteiger partial charge in [-0.2, -0.15) is 0 Å². The summed E-state index contributed by atoms with van der Waals surface area (Å²) in [4.78, 5) is 54.8. The minimum atomic E-state index is -0.777. The zero-order chi connectivity index (χ0) is 28.9. The van der Waals surface area contributed by atoms with Gasteiger partial charge in [0, 0.05) is 26.2 Å². The second kappa shape index (κ2) is 13.0. The largest absolute Gasteiger partial charge is 0.466 e. The summed E-state index contributed by atoms with van der Waals surface area (Å²) in [6, 6.07) is 0.926. The molecule has 0 unspecified atom stereocenters. The fourth-order valence-electron chi connectivity index (χ4n) is 5.94. The van der Waals surface area contributed by atoms with Gasteiger partial charge in [0.2, 0.25) is 18.2 Å². The highest BCUT2D eigenvalue weighted by atomic mass is 16.5. The molecular formula is C29H46N4O6. The van der Waals surface area contributed by atoms with Crippen molar-refractivity contribution in [3.63, 3.8) is 0 Å². The zero-order valence-corrected chi connectivity index (χ0v) is 24.4. The minimum absolute atomic E-state index is 0.0573. The molecule has 2 atom stereocenters. The van der Waals surface area contributed by atoms with Crippen LogP contribution in [-0.2, 0) is 14.4 Å². The van der Waals surface area contributed by atoms with Gasteiger partial charge in [0.15, 0.2) is 0 Å². The number of hydrogen-bond acceptors (Lipinski definition) is 6. The molecule has 1 saturated heterocycles. The van der Waals surface area contributed by atoms with Crippen molar-refractivity contribution in [2.75, 3.05) is 26.7 Å². The van der Waals surface area contributed by atoms with Crippen molar-refractivity contribution in [2.24, 2.45) is 17.3 Å². The van der Waals surface area contributed by atoms with E-state index in [-0.39, 0.29) is 30.3 Å². The molecular weight excluding hydrogens is 500 g/mol. The summed E-state index contributed by atoms with van der Waals surface area (Å²) in [6.07, 6.45) is 6.45. The third-order valence-electron chi connectivity index (χ3n) is 8.31. The van der Waals surface area contributed by atoms with Gasteiger partial charge >= 0.3 is 0 Å². The van der Waals surface area contributed by atoms with E-state index in [9.17, 15) is 24.4 Å². The maximum atomic E-state index is 13.8. The van der Waals surface area contributed by atoms with E-state index in [1.807, 2.05) is 27.7 Å². The smallest absolute Gasteiger partial charge is 0.257 e. The monoisotopic (exact) mass is 546 g/mol. The number of hydrogen-bond donors (Lipinski definition) is 2. The number of nitrogens with one attached hydrogen (secondary N) is 1. The molecule has 10 nitrogen and oxygen atoms in total. The molecule has 1 aliphatic heterocycles. The Kier molecular flexibility index (Phi) is 10.2. The van der Waals surface area contributed by atoms with E-state index in [4.69, 9.17) is 4.42 Å². The normalized spacial score (nSPS) is 18.5. The van der Waals surface area contributed by atoms with E-state index in [1.165, 1.54) is 0 Å². The number of nitrogens with zero attached hydrogens (tertiary/aromatic N) is 3. The van der Waals surface area contributed by atoms with Crippen molar-refractivity contribution in [1.29, 1.82) is 0 Å². The van der Waals surface area contributed by atoms with Crippen LogP contribution < -0.4 is 5.32 Å². The highest BCUT2D eigenvalue weighted by Gasteiger charge is 2.39. The number of aryl methyl sites for hydroxylation is 2. The fourth-order valence-corrected chi connectivity index (χ4v) is 5.94. The first-order chi connectivity index (χ1) is 18.3. The van der Waals surface area contributed by atoms with Crippen molar-refractivity contribution in [1.82, 2.24) is 20.2 Å². The van der Waals surface area contributed by atoms with Gasteiger partial charge in [0.25, 0.3) is 5.91 Å². The molecule has 2 heterocycles. The van der Waals surface area contributed by atoms with Crippen molar-refractivity contribution in [3.8, 4) is 0 Å². The van der Waals surface area contributed by atoms with Crippen molar-refractivity contribution < 1.29 is 28.8 Å². The highest BCUT2D eigenvalue weighted by Crippen LogP contribution is 2.31. The molecule has 218 valence electrons. The molecule has 0 radical (unpaired) electrons. The van der Waals surface area contributed by atoms with Crippen LogP contribution in [0.2, 0.25) is 0 Å². The molecule has 1 aliphatic carbocycles. The average molecular weight is 547 g/mol. The third-order valence-corrected chi connectivity index (χ3v) is 8.31. The minimum Gasteiger partial charge on any atom is -0.466 e. The van der Waals surface area contributed by atoms with Crippen LogP contribution in [0.1, 0.15) is 87.6 Å². The van der Waals surface area contributed by atoms with Crippen LogP contribution in [-0.4, -0.2) is 83.0 Å². The Morgan fingerprint density at radius 3 is 2.28 bits per heavy atom. The first kappa shape index (κ1) is 30.7. The van der Waals surface area contributed by atoms with Gasteiger partial charge in [-0.3, -0.25) is 24.4 Å². The SMILES string of the molecule is Cc1cc(C(=O)N2CCC(N(C)C(=O)[C@@H](NC(=O)[C@H](CC3CCCC3)CN(O)C=O)C(C)(C)C)CC2)c(C)o1. The van der Waals surface area contributed by atoms with Crippen LogP contribution in [0.5, 0.6) is 0 Å². The van der Waals surface area contributed by atoms with Crippen molar-refractivity contribution >= 4 is 24.1 Å². The third kappa shape index (κ3) is 7.84. The quantitative estimate of drug-likeness (QED) is 0.263. The number of likely N-dealkylation sites (N-methyl/N-ethyl adjacent to an activating group) is 1. The summed E-state index contributed by atoms with van der Waals surface area (Å²) in [7, 11) is 1.76. The lowest BCUT2D eigenvalue weighted by atomic mass is 9.84. The molecule has 2 fully saturated rings. The zero-order valence-electron chi connectivity index (χ0n) is 24.4.